The van der Waals surface area contributed by atoms with Gasteiger partial charge in [0.25, 0.3) is 0 Å². The maximum absolute atomic E-state index is 12.0. The molecule has 1 saturated heterocycles. The third kappa shape index (κ3) is 4.52. The molecule has 0 saturated carbocycles. The molecule has 1 atom stereocenters. The average molecular weight is 227 g/mol. The molecule has 0 spiro atoms. The topological polar surface area (TPSA) is 40.5 Å². The first-order valence-corrected chi connectivity index (χ1v) is 6.20. The van der Waals surface area contributed by atoms with E-state index in [0.717, 1.165) is 19.4 Å². The van der Waals surface area contributed by atoms with Gasteiger partial charge in [-0.1, -0.05) is 20.8 Å². The van der Waals surface area contributed by atoms with Crippen LogP contribution in [0.4, 0.5) is 0 Å². The molecule has 1 heterocycles. The SMILES string of the molecule is CC(C)(C)CC(=O)N1CCCC(C)(O)CC1. The maximum Gasteiger partial charge on any atom is 0.223 e. The van der Waals surface area contributed by atoms with E-state index < -0.39 is 5.60 Å². The summed E-state index contributed by atoms with van der Waals surface area (Å²) in [6, 6.07) is 0. The normalized spacial score (nSPS) is 27.7. The Bertz CT molecular complexity index is 253. The van der Waals surface area contributed by atoms with Crippen molar-refractivity contribution in [3.8, 4) is 0 Å². The Kier molecular flexibility index (Phi) is 4.00. The van der Waals surface area contributed by atoms with Crippen LogP contribution in [0, 0.1) is 5.41 Å². The number of nitrogens with zero attached hydrogens (tertiary/aromatic N) is 1. The number of carbonyl (C=O) groups is 1. The van der Waals surface area contributed by atoms with Gasteiger partial charge in [0.2, 0.25) is 5.91 Å². The van der Waals surface area contributed by atoms with Crippen LogP contribution in [0.1, 0.15) is 53.4 Å². The summed E-state index contributed by atoms with van der Waals surface area (Å²) in [5, 5.41) is 9.95. The fraction of sp³-hybridized carbons (Fsp3) is 0.923. The Balaban J connectivity index is 2.52. The van der Waals surface area contributed by atoms with Gasteiger partial charge in [0.15, 0.2) is 0 Å². The Morgan fingerprint density at radius 2 is 1.94 bits per heavy atom. The number of carbonyl (C=O) groups excluding carboxylic acids is 1. The molecule has 0 aromatic carbocycles. The van der Waals surface area contributed by atoms with Gasteiger partial charge in [-0.05, 0) is 31.6 Å². The van der Waals surface area contributed by atoms with E-state index in [9.17, 15) is 9.90 Å². The zero-order chi connectivity index (χ0) is 12.4. The minimum absolute atomic E-state index is 0.0475. The number of aliphatic hydroxyl groups is 1. The predicted octanol–water partition coefficient (Wildman–Crippen LogP) is 2.19. The third-order valence-electron chi connectivity index (χ3n) is 3.10. The molecular weight excluding hydrogens is 202 g/mol. The van der Waals surface area contributed by atoms with Crippen molar-refractivity contribution >= 4 is 5.91 Å². The minimum atomic E-state index is -0.587. The van der Waals surface area contributed by atoms with E-state index >= 15 is 0 Å². The first kappa shape index (κ1) is 13.5. The Hall–Kier alpha value is -0.570. The van der Waals surface area contributed by atoms with Gasteiger partial charge < -0.3 is 10.0 Å². The molecule has 1 aliphatic rings. The molecule has 3 nitrogen and oxygen atoms in total. The summed E-state index contributed by atoms with van der Waals surface area (Å²) in [4.78, 5) is 13.9. The quantitative estimate of drug-likeness (QED) is 0.746. The molecule has 16 heavy (non-hydrogen) atoms. The van der Waals surface area contributed by atoms with Gasteiger partial charge in [0.1, 0.15) is 0 Å². The zero-order valence-corrected chi connectivity index (χ0v) is 11.0. The van der Waals surface area contributed by atoms with Crippen LogP contribution in [0.3, 0.4) is 0 Å². The van der Waals surface area contributed by atoms with Gasteiger partial charge in [-0.25, -0.2) is 0 Å². The van der Waals surface area contributed by atoms with Gasteiger partial charge in [0, 0.05) is 19.5 Å². The van der Waals surface area contributed by atoms with Crippen molar-refractivity contribution in [1.29, 1.82) is 0 Å². The van der Waals surface area contributed by atoms with Crippen LogP contribution < -0.4 is 0 Å². The summed E-state index contributed by atoms with van der Waals surface area (Å²) < 4.78 is 0. The molecule has 1 amide bonds. The Morgan fingerprint density at radius 3 is 2.50 bits per heavy atom. The van der Waals surface area contributed by atoms with E-state index in [0.29, 0.717) is 19.4 Å². The average Bonchev–Trinajstić information content (AvgIpc) is 2.23. The zero-order valence-electron chi connectivity index (χ0n) is 11.0. The van der Waals surface area contributed by atoms with Crippen LogP contribution in [0.5, 0.6) is 0 Å². The minimum Gasteiger partial charge on any atom is -0.390 e. The van der Waals surface area contributed by atoms with Gasteiger partial charge in [-0.2, -0.15) is 0 Å². The highest BCUT2D eigenvalue weighted by molar-refractivity contribution is 5.76. The molecular formula is C13H25NO2. The summed E-state index contributed by atoms with van der Waals surface area (Å²) >= 11 is 0. The summed E-state index contributed by atoms with van der Waals surface area (Å²) in [6.45, 7) is 9.61. The molecule has 0 bridgehead atoms. The second-order valence-corrected chi connectivity index (χ2v) is 6.47. The molecule has 1 N–H and O–H groups in total. The molecule has 1 unspecified atom stereocenters. The van der Waals surface area contributed by atoms with Gasteiger partial charge in [-0.15, -0.1) is 0 Å². The highest BCUT2D eigenvalue weighted by Gasteiger charge is 2.28. The van der Waals surface area contributed by atoms with E-state index in [1.807, 2.05) is 11.8 Å². The van der Waals surface area contributed by atoms with Gasteiger partial charge >= 0.3 is 0 Å². The smallest absolute Gasteiger partial charge is 0.223 e. The molecule has 0 aromatic heterocycles. The van der Waals surface area contributed by atoms with E-state index in [-0.39, 0.29) is 11.3 Å². The molecule has 1 rings (SSSR count). The summed E-state index contributed by atoms with van der Waals surface area (Å²) in [7, 11) is 0. The molecule has 94 valence electrons. The summed E-state index contributed by atoms with van der Waals surface area (Å²) in [5.41, 5.74) is -0.539. The summed E-state index contributed by atoms with van der Waals surface area (Å²) in [5.74, 6) is 0.227. The fourth-order valence-electron chi connectivity index (χ4n) is 2.08. The lowest BCUT2D eigenvalue weighted by Crippen LogP contribution is -2.35. The first-order chi connectivity index (χ1) is 7.20. The fourth-order valence-corrected chi connectivity index (χ4v) is 2.08. The second-order valence-electron chi connectivity index (χ2n) is 6.47. The van der Waals surface area contributed by atoms with Crippen molar-refractivity contribution in [1.82, 2.24) is 4.90 Å². The lowest BCUT2D eigenvalue weighted by atomic mass is 9.91. The van der Waals surface area contributed by atoms with Crippen LogP contribution in [0.2, 0.25) is 0 Å². The van der Waals surface area contributed by atoms with E-state index in [2.05, 4.69) is 20.8 Å². The van der Waals surface area contributed by atoms with Gasteiger partial charge in [0.05, 0.1) is 5.60 Å². The van der Waals surface area contributed by atoms with Crippen molar-refractivity contribution in [3.05, 3.63) is 0 Å². The van der Waals surface area contributed by atoms with Crippen molar-refractivity contribution in [2.45, 2.75) is 59.0 Å². The predicted molar refractivity (Wildman–Crippen MR) is 65.1 cm³/mol. The van der Waals surface area contributed by atoms with Crippen LogP contribution >= 0.6 is 0 Å². The largest absolute Gasteiger partial charge is 0.390 e. The number of hydrogen-bond acceptors (Lipinski definition) is 2. The van der Waals surface area contributed by atoms with Crippen molar-refractivity contribution < 1.29 is 9.90 Å². The van der Waals surface area contributed by atoms with Crippen LogP contribution in [-0.2, 0) is 4.79 Å². The van der Waals surface area contributed by atoms with Gasteiger partial charge in [-0.3, -0.25) is 4.79 Å². The van der Waals surface area contributed by atoms with Crippen LogP contribution in [0.15, 0.2) is 0 Å². The first-order valence-electron chi connectivity index (χ1n) is 6.20. The lowest BCUT2D eigenvalue weighted by Gasteiger charge is -2.26. The number of hydrogen-bond donors (Lipinski definition) is 1. The Labute approximate surface area is 98.8 Å². The van der Waals surface area contributed by atoms with E-state index in [1.165, 1.54) is 0 Å². The van der Waals surface area contributed by atoms with Crippen molar-refractivity contribution in [2.75, 3.05) is 13.1 Å². The highest BCUT2D eigenvalue weighted by atomic mass is 16.3. The van der Waals surface area contributed by atoms with Crippen LogP contribution in [0.25, 0.3) is 0 Å². The van der Waals surface area contributed by atoms with Crippen LogP contribution in [-0.4, -0.2) is 34.6 Å². The molecule has 1 aliphatic heterocycles. The lowest BCUT2D eigenvalue weighted by molar-refractivity contribution is -0.133. The molecule has 0 radical (unpaired) electrons. The highest BCUT2D eigenvalue weighted by Crippen LogP contribution is 2.24. The molecule has 0 aliphatic carbocycles. The standard InChI is InChI=1S/C13H25NO2/c1-12(2,3)10-11(15)14-8-5-6-13(4,16)7-9-14/h16H,5-10H2,1-4H3. The van der Waals surface area contributed by atoms with Crippen molar-refractivity contribution in [2.24, 2.45) is 5.41 Å². The molecule has 1 fully saturated rings. The second kappa shape index (κ2) is 4.74. The Morgan fingerprint density at radius 1 is 1.31 bits per heavy atom. The van der Waals surface area contributed by atoms with Crippen molar-refractivity contribution in [3.63, 3.8) is 0 Å². The number of rotatable bonds is 1. The number of likely N-dealkylation sites (tertiary alicyclic amines) is 1. The monoisotopic (exact) mass is 227 g/mol. The van der Waals surface area contributed by atoms with E-state index in [1.54, 1.807) is 0 Å². The maximum atomic E-state index is 12.0. The van der Waals surface area contributed by atoms with E-state index in [4.69, 9.17) is 0 Å². The molecule has 3 heteroatoms. The number of amides is 1. The summed E-state index contributed by atoms with van der Waals surface area (Å²) in [6.07, 6.45) is 2.99. The third-order valence-corrected chi connectivity index (χ3v) is 3.10. The molecule has 0 aromatic rings.